The Hall–Kier alpha value is -1.28. The SMILES string of the molecule is CCCCCCCCCCCCCCCC(=O)OC[C@H](COP(=O)([O-])[O-])OC(=O)CCCC=O. The summed E-state index contributed by atoms with van der Waals surface area (Å²) in [5.74, 6) is -1.19. The molecule has 10 heteroatoms. The van der Waals surface area contributed by atoms with E-state index in [1.807, 2.05) is 0 Å². The number of unbranched alkanes of at least 4 members (excludes halogenated alkanes) is 13. The van der Waals surface area contributed by atoms with E-state index in [-0.39, 0.29) is 25.7 Å². The molecular formula is C24H43O9P-2. The summed E-state index contributed by atoms with van der Waals surface area (Å²) in [5.41, 5.74) is 0. The highest BCUT2D eigenvalue weighted by molar-refractivity contribution is 7.43. The summed E-state index contributed by atoms with van der Waals surface area (Å²) in [5, 5.41) is 0. The van der Waals surface area contributed by atoms with Gasteiger partial charge in [0.15, 0.2) is 6.10 Å². The molecule has 0 amide bonds. The Labute approximate surface area is 204 Å². The zero-order valence-electron chi connectivity index (χ0n) is 20.7. The zero-order chi connectivity index (χ0) is 25.5. The summed E-state index contributed by atoms with van der Waals surface area (Å²) in [6.45, 7) is 1.09. The third-order valence-electron chi connectivity index (χ3n) is 5.33. The Morgan fingerprint density at radius 1 is 0.765 bits per heavy atom. The van der Waals surface area contributed by atoms with Crippen molar-refractivity contribution in [3.05, 3.63) is 0 Å². The van der Waals surface area contributed by atoms with Crippen molar-refractivity contribution in [1.29, 1.82) is 0 Å². The van der Waals surface area contributed by atoms with Gasteiger partial charge < -0.3 is 33.1 Å². The Bertz CT molecular complexity index is 577. The summed E-state index contributed by atoms with van der Waals surface area (Å²) in [6.07, 6.45) is 15.6. The molecule has 0 heterocycles. The van der Waals surface area contributed by atoms with Gasteiger partial charge in [-0.2, -0.15) is 0 Å². The molecule has 1 atom stereocenters. The molecule has 0 rings (SSSR count). The van der Waals surface area contributed by atoms with E-state index in [1.54, 1.807) is 0 Å². The van der Waals surface area contributed by atoms with Gasteiger partial charge in [-0.1, -0.05) is 84.0 Å². The van der Waals surface area contributed by atoms with Crippen LogP contribution in [-0.4, -0.2) is 37.5 Å². The van der Waals surface area contributed by atoms with Crippen molar-refractivity contribution in [3.63, 3.8) is 0 Å². The van der Waals surface area contributed by atoms with Crippen molar-refractivity contribution < 1.29 is 42.7 Å². The first-order valence-electron chi connectivity index (χ1n) is 12.7. The van der Waals surface area contributed by atoms with Crippen LogP contribution in [0.3, 0.4) is 0 Å². The predicted octanol–water partition coefficient (Wildman–Crippen LogP) is 4.14. The standard InChI is InChI=1S/C24H45O9P/c1-2-3-4-5-6-7-8-9-10-11-12-13-14-17-23(26)31-20-22(21-32-34(28,29)30)33-24(27)18-15-16-19-25/h19,22H,2-18,20-21H2,1H3,(H2,28,29,30)/p-2/t22-/m1/s1. The highest BCUT2D eigenvalue weighted by Gasteiger charge is 2.18. The number of hydrogen-bond acceptors (Lipinski definition) is 9. The Morgan fingerprint density at radius 3 is 1.76 bits per heavy atom. The van der Waals surface area contributed by atoms with Crippen LogP contribution in [-0.2, 0) is 32.9 Å². The fraction of sp³-hybridized carbons (Fsp3) is 0.875. The molecule has 200 valence electrons. The van der Waals surface area contributed by atoms with Crippen molar-refractivity contribution in [3.8, 4) is 0 Å². The lowest BCUT2D eigenvalue weighted by Crippen LogP contribution is -2.31. The van der Waals surface area contributed by atoms with Gasteiger partial charge >= 0.3 is 11.9 Å². The van der Waals surface area contributed by atoms with Gasteiger partial charge in [-0.05, 0) is 12.8 Å². The molecule has 0 aromatic rings. The van der Waals surface area contributed by atoms with Gasteiger partial charge in [-0.3, -0.25) is 9.59 Å². The van der Waals surface area contributed by atoms with E-state index in [2.05, 4.69) is 11.4 Å². The molecule has 34 heavy (non-hydrogen) atoms. The summed E-state index contributed by atoms with van der Waals surface area (Å²) >= 11 is 0. The summed E-state index contributed by atoms with van der Waals surface area (Å²) in [4.78, 5) is 55.3. The lowest BCUT2D eigenvalue weighted by molar-refractivity contribution is -0.343. The van der Waals surface area contributed by atoms with Gasteiger partial charge in [0.05, 0.1) is 14.4 Å². The molecule has 0 saturated heterocycles. The Balaban J connectivity index is 3.90. The highest BCUT2D eigenvalue weighted by Crippen LogP contribution is 2.25. The third-order valence-corrected chi connectivity index (χ3v) is 5.80. The third kappa shape index (κ3) is 23.9. The Kier molecular flexibility index (Phi) is 21.4. The first-order chi connectivity index (χ1) is 16.3. The maximum Gasteiger partial charge on any atom is 0.306 e. The molecule has 0 aliphatic heterocycles. The summed E-state index contributed by atoms with van der Waals surface area (Å²) in [7, 11) is -5.26. The predicted molar refractivity (Wildman–Crippen MR) is 125 cm³/mol. The van der Waals surface area contributed by atoms with Crippen molar-refractivity contribution in [2.45, 2.75) is 122 Å². The molecule has 0 unspecified atom stereocenters. The van der Waals surface area contributed by atoms with Crippen molar-refractivity contribution in [2.75, 3.05) is 13.2 Å². The quantitative estimate of drug-likeness (QED) is 0.0817. The van der Waals surface area contributed by atoms with Crippen molar-refractivity contribution in [2.24, 2.45) is 0 Å². The van der Waals surface area contributed by atoms with Crippen LogP contribution in [0.4, 0.5) is 0 Å². The lowest BCUT2D eigenvalue weighted by Gasteiger charge is -2.30. The average Bonchev–Trinajstić information content (AvgIpc) is 2.78. The molecule has 9 nitrogen and oxygen atoms in total. The van der Waals surface area contributed by atoms with Crippen LogP contribution >= 0.6 is 7.82 Å². The number of carbonyl (C=O) groups is 3. The van der Waals surface area contributed by atoms with Crippen LogP contribution in [0, 0.1) is 0 Å². The average molecular weight is 507 g/mol. The molecule has 0 aliphatic carbocycles. The van der Waals surface area contributed by atoms with Crippen LogP contribution in [0.1, 0.15) is 116 Å². The lowest BCUT2D eigenvalue weighted by atomic mass is 10.0. The van der Waals surface area contributed by atoms with E-state index in [0.717, 1.165) is 19.3 Å². The highest BCUT2D eigenvalue weighted by atomic mass is 31.2. The van der Waals surface area contributed by atoms with Crippen molar-refractivity contribution in [1.82, 2.24) is 0 Å². The second-order valence-electron chi connectivity index (χ2n) is 8.59. The largest absolute Gasteiger partial charge is 0.790 e. The van der Waals surface area contributed by atoms with Gasteiger partial charge in [-0.25, -0.2) is 0 Å². The number of aldehydes is 1. The number of carbonyl (C=O) groups excluding carboxylic acids is 3. The number of ether oxygens (including phenoxy) is 2. The minimum atomic E-state index is -5.26. The molecular weight excluding hydrogens is 463 g/mol. The number of rotatable bonds is 24. The topological polar surface area (TPSA) is 142 Å². The normalized spacial score (nSPS) is 12.3. The molecule has 0 fully saturated rings. The fourth-order valence-electron chi connectivity index (χ4n) is 3.41. The van der Waals surface area contributed by atoms with Crippen LogP contribution in [0.2, 0.25) is 0 Å². The second-order valence-corrected chi connectivity index (χ2v) is 9.74. The Morgan fingerprint density at radius 2 is 1.26 bits per heavy atom. The number of esters is 2. The molecule has 0 bridgehead atoms. The monoisotopic (exact) mass is 506 g/mol. The summed E-state index contributed by atoms with van der Waals surface area (Å²) in [6, 6.07) is 0. The minimum absolute atomic E-state index is 0.0610. The van der Waals surface area contributed by atoms with E-state index in [9.17, 15) is 28.7 Å². The number of phosphoric ester groups is 1. The van der Waals surface area contributed by atoms with Crippen molar-refractivity contribution >= 4 is 26.0 Å². The van der Waals surface area contributed by atoms with Crippen LogP contribution in [0.5, 0.6) is 0 Å². The minimum Gasteiger partial charge on any atom is -0.790 e. The van der Waals surface area contributed by atoms with Crippen LogP contribution < -0.4 is 9.79 Å². The number of hydrogen-bond donors (Lipinski definition) is 0. The van der Waals surface area contributed by atoms with E-state index < -0.39 is 39.1 Å². The molecule has 0 saturated carbocycles. The van der Waals surface area contributed by atoms with Gasteiger partial charge in [0, 0.05) is 19.3 Å². The van der Waals surface area contributed by atoms with Gasteiger partial charge in [0.2, 0.25) is 0 Å². The maximum atomic E-state index is 11.9. The molecule has 0 radical (unpaired) electrons. The first kappa shape index (κ1) is 32.7. The molecule has 0 aliphatic rings. The van der Waals surface area contributed by atoms with Crippen LogP contribution in [0.25, 0.3) is 0 Å². The smallest absolute Gasteiger partial charge is 0.306 e. The molecule has 0 aromatic heterocycles. The van der Waals surface area contributed by atoms with Crippen LogP contribution in [0.15, 0.2) is 0 Å². The zero-order valence-corrected chi connectivity index (χ0v) is 21.6. The van der Waals surface area contributed by atoms with E-state index in [0.29, 0.717) is 12.7 Å². The van der Waals surface area contributed by atoms with Gasteiger partial charge in [-0.15, -0.1) is 0 Å². The van der Waals surface area contributed by atoms with E-state index in [4.69, 9.17) is 9.47 Å². The molecule has 0 spiro atoms. The van der Waals surface area contributed by atoms with Gasteiger partial charge in [0.1, 0.15) is 12.9 Å². The summed E-state index contributed by atoms with van der Waals surface area (Å²) < 4.78 is 24.9. The second kappa shape index (κ2) is 22.2. The number of phosphoric acid groups is 1. The van der Waals surface area contributed by atoms with Gasteiger partial charge in [0.25, 0.3) is 0 Å². The molecule has 0 N–H and O–H groups in total. The fourth-order valence-corrected chi connectivity index (χ4v) is 3.76. The first-order valence-corrected chi connectivity index (χ1v) is 14.2. The molecule has 0 aromatic carbocycles. The van der Waals surface area contributed by atoms with E-state index >= 15 is 0 Å². The maximum absolute atomic E-state index is 11.9. The van der Waals surface area contributed by atoms with E-state index in [1.165, 1.54) is 57.8 Å².